The Bertz CT molecular complexity index is 937. The molecular weight excluding hydrogens is 414 g/mol. The molecule has 164 valence electrons. The molecule has 6 rings (SSSR count). The second kappa shape index (κ2) is 7.17. The van der Waals surface area contributed by atoms with E-state index < -0.39 is 29.6 Å². The van der Waals surface area contributed by atoms with Gasteiger partial charge in [-0.15, -0.1) is 11.3 Å². The number of carbonyl (C=O) groups excluding carboxylic acids is 3. The smallest absolute Gasteiger partial charge is 0.246 e. The molecule has 2 saturated carbocycles. The van der Waals surface area contributed by atoms with E-state index in [0.29, 0.717) is 6.54 Å². The van der Waals surface area contributed by atoms with Crippen LogP contribution in [0.1, 0.15) is 43.4 Å². The van der Waals surface area contributed by atoms with Gasteiger partial charge < -0.3 is 20.3 Å². The van der Waals surface area contributed by atoms with Crippen LogP contribution in [0.4, 0.5) is 0 Å². The van der Waals surface area contributed by atoms with Gasteiger partial charge in [-0.05, 0) is 37.1 Å². The van der Waals surface area contributed by atoms with Gasteiger partial charge in [0, 0.05) is 17.0 Å². The van der Waals surface area contributed by atoms with Crippen LogP contribution in [0.3, 0.4) is 0 Å². The lowest BCUT2D eigenvalue weighted by Crippen LogP contribution is -2.55. The van der Waals surface area contributed by atoms with Gasteiger partial charge in [0.15, 0.2) is 0 Å². The zero-order valence-corrected chi connectivity index (χ0v) is 18.1. The minimum absolute atomic E-state index is 0.120. The van der Waals surface area contributed by atoms with Crippen molar-refractivity contribution in [3.8, 4) is 0 Å². The predicted octanol–water partition coefficient (Wildman–Crippen LogP) is 1.74. The maximum Gasteiger partial charge on any atom is 0.246 e. The number of fused-ring (bicyclic) bond motifs is 1. The number of rotatable bonds is 6. The van der Waals surface area contributed by atoms with Crippen LogP contribution >= 0.6 is 11.3 Å². The Labute approximate surface area is 185 Å². The molecule has 0 unspecified atom stereocenters. The van der Waals surface area contributed by atoms with Crippen molar-refractivity contribution < 1.29 is 19.1 Å². The molecule has 2 saturated heterocycles. The van der Waals surface area contributed by atoms with E-state index >= 15 is 0 Å². The van der Waals surface area contributed by atoms with Crippen molar-refractivity contribution in [2.24, 2.45) is 11.8 Å². The molecule has 2 N–H and O–H groups in total. The number of hydrogen-bond donors (Lipinski definition) is 2. The zero-order chi connectivity index (χ0) is 21.2. The van der Waals surface area contributed by atoms with Gasteiger partial charge in [-0.1, -0.05) is 31.1 Å². The van der Waals surface area contributed by atoms with Crippen molar-refractivity contribution in [1.29, 1.82) is 0 Å². The van der Waals surface area contributed by atoms with Gasteiger partial charge in [-0.25, -0.2) is 0 Å². The van der Waals surface area contributed by atoms with E-state index in [0.717, 1.165) is 43.4 Å². The van der Waals surface area contributed by atoms with Crippen LogP contribution in [0.15, 0.2) is 29.7 Å². The lowest BCUT2D eigenvalue weighted by molar-refractivity contribution is -0.142. The van der Waals surface area contributed by atoms with Gasteiger partial charge in [0.2, 0.25) is 17.7 Å². The third kappa shape index (κ3) is 3.06. The molecule has 1 spiro atoms. The SMILES string of the molecule is O=C(NC1CC1)[C@@H]1[C@H]2C=C[C@@]3(O2)[C@H]1C(=O)N(Cc1cccs1)[C@@H]3C(=O)NC1CCCC1. The summed E-state index contributed by atoms with van der Waals surface area (Å²) in [5.41, 5.74) is -1.06. The first-order valence-corrected chi connectivity index (χ1v) is 12.3. The van der Waals surface area contributed by atoms with Crippen LogP contribution in [0.25, 0.3) is 0 Å². The Balaban J connectivity index is 1.34. The molecule has 1 aromatic heterocycles. The molecule has 7 nitrogen and oxygen atoms in total. The molecule has 2 aliphatic carbocycles. The van der Waals surface area contributed by atoms with Crippen molar-refractivity contribution in [3.05, 3.63) is 34.5 Å². The lowest BCUT2D eigenvalue weighted by atomic mass is 9.74. The average Bonchev–Trinajstić information content (AvgIpc) is 3.24. The summed E-state index contributed by atoms with van der Waals surface area (Å²) < 4.78 is 6.35. The van der Waals surface area contributed by atoms with E-state index in [4.69, 9.17) is 4.74 Å². The molecule has 3 amide bonds. The molecule has 5 aliphatic rings. The maximum absolute atomic E-state index is 13.7. The molecule has 1 aromatic rings. The second-order valence-corrected chi connectivity index (χ2v) is 10.6. The van der Waals surface area contributed by atoms with Crippen LogP contribution in [0, 0.1) is 11.8 Å². The predicted molar refractivity (Wildman–Crippen MR) is 114 cm³/mol. The number of thiophene rings is 1. The van der Waals surface area contributed by atoms with E-state index in [1.54, 1.807) is 16.2 Å². The number of hydrogen-bond acceptors (Lipinski definition) is 5. The van der Waals surface area contributed by atoms with Gasteiger partial charge in [0.25, 0.3) is 0 Å². The molecule has 4 fully saturated rings. The first kappa shape index (κ1) is 19.5. The molecule has 2 bridgehead atoms. The zero-order valence-electron chi connectivity index (χ0n) is 17.3. The topological polar surface area (TPSA) is 87.7 Å². The number of carbonyl (C=O) groups is 3. The Morgan fingerprint density at radius 3 is 2.58 bits per heavy atom. The average molecular weight is 442 g/mol. The highest BCUT2D eigenvalue weighted by molar-refractivity contribution is 7.09. The van der Waals surface area contributed by atoms with Crippen LogP contribution in [0.5, 0.6) is 0 Å². The fraction of sp³-hybridized carbons (Fsp3) is 0.609. The Hall–Kier alpha value is -2.19. The lowest BCUT2D eigenvalue weighted by Gasteiger charge is -2.32. The second-order valence-electron chi connectivity index (χ2n) is 9.52. The van der Waals surface area contributed by atoms with Crippen molar-refractivity contribution in [2.75, 3.05) is 0 Å². The van der Waals surface area contributed by atoms with Gasteiger partial charge in [0.05, 0.1) is 24.5 Å². The normalized spacial score (nSPS) is 36.3. The summed E-state index contributed by atoms with van der Waals surface area (Å²) in [5.74, 6) is -1.66. The molecule has 0 aromatic carbocycles. The summed E-state index contributed by atoms with van der Waals surface area (Å²) in [4.78, 5) is 43.0. The van der Waals surface area contributed by atoms with Crippen LogP contribution in [-0.4, -0.2) is 52.5 Å². The molecular formula is C23H27N3O4S. The van der Waals surface area contributed by atoms with E-state index in [1.807, 2.05) is 29.7 Å². The van der Waals surface area contributed by atoms with Crippen LogP contribution in [0.2, 0.25) is 0 Å². The van der Waals surface area contributed by atoms with Crippen molar-refractivity contribution in [3.63, 3.8) is 0 Å². The van der Waals surface area contributed by atoms with Gasteiger partial charge in [-0.2, -0.15) is 0 Å². The number of likely N-dealkylation sites (tertiary alicyclic amines) is 1. The van der Waals surface area contributed by atoms with Gasteiger partial charge >= 0.3 is 0 Å². The van der Waals surface area contributed by atoms with Crippen molar-refractivity contribution >= 4 is 29.1 Å². The quantitative estimate of drug-likeness (QED) is 0.659. The number of amides is 3. The van der Waals surface area contributed by atoms with Crippen molar-refractivity contribution in [2.45, 2.75) is 74.9 Å². The molecule has 4 heterocycles. The summed E-state index contributed by atoms with van der Waals surface area (Å²) in [6, 6.07) is 3.53. The third-order valence-corrected chi connectivity index (χ3v) is 8.32. The maximum atomic E-state index is 13.7. The minimum atomic E-state index is -1.06. The molecule has 0 radical (unpaired) electrons. The van der Waals surface area contributed by atoms with E-state index in [1.165, 1.54) is 0 Å². The summed E-state index contributed by atoms with van der Waals surface area (Å²) >= 11 is 1.56. The highest BCUT2D eigenvalue weighted by atomic mass is 32.1. The van der Waals surface area contributed by atoms with Gasteiger partial charge in [-0.3, -0.25) is 14.4 Å². The first-order chi connectivity index (χ1) is 15.1. The van der Waals surface area contributed by atoms with Crippen LogP contribution in [-0.2, 0) is 25.7 Å². The highest BCUT2D eigenvalue weighted by Crippen LogP contribution is 2.55. The summed E-state index contributed by atoms with van der Waals surface area (Å²) in [6.45, 7) is 0.357. The van der Waals surface area contributed by atoms with E-state index in [2.05, 4.69) is 10.6 Å². The van der Waals surface area contributed by atoms with Crippen molar-refractivity contribution in [1.82, 2.24) is 15.5 Å². The van der Waals surface area contributed by atoms with E-state index in [-0.39, 0.29) is 29.8 Å². The standard InChI is InChI=1S/C23H27N3O4S/c27-20(24-14-7-8-14)17-16-9-10-23(30-16)18(17)22(29)26(12-15-6-3-11-31-15)19(23)21(28)25-13-4-1-2-5-13/h3,6,9-11,13-14,16-19H,1-2,4-5,7-8,12H2,(H,24,27)(H,25,28)/t16-,17-,18-,19-,23-/m1/s1. The Morgan fingerprint density at radius 2 is 1.87 bits per heavy atom. The fourth-order valence-electron chi connectivity index (χ4n) is 5.88. The Kier molecular flexibility index (Phi) is 4.51. The number of ether oxygens (including phenoxy) is 1. The van der Waals surface area contributed by atoms with Crippen LogP contribution < -0.4 is 10.6 Å². The fourth-order valence-corrected chi connectivity index (χ4v) is 6.59. The minimum Gasteiger partial charge on any atom is -0.359 e. The Morgan fingerprint density at radius 1 is 1.13 bits per heavy atom. The number of nitrogens with zero attached hydrogens (tertiary/aromatic N) is 1. The molecule has 3 aliphatic heterocycles. The third-order valence-electron chi connectivity index (χ3n) is 7.46. The summed E-state index contributed by atoms with van der Waals surface area (Å²) in [7, 11) is 0. The van der Waals surface area contributed by atoms with E-state index in [9.17, 15) is 14.4 Å². The molecule has 8 heteroatoms. The molecule has 5 atom stereocenters. The monoisotopic (exact) mass is 441 g/mol. The highest BCUT2D eigenvalue weighted by Gasteiger charge is 2.72. The van der Waals surface area contributed by atoms with Gasteiger partial charge in [0.1, 0.15) is 11.6 Å². The largest absolute Gasteiger partial charge is 0.359 e. The summed E-state index contributed by atoms with van der Waals surface area (Å²) in [6.07, 6.45) is 9.46. The first-order valence-electron chi connectivity index (χ1n) is 11.4. The summed E-state index contributed by atoms with van der Waals surface area (Å²) in [5, 5.41) is 8.20. The molecule has 31 heavy (non-hydrogen) atoms. The number of nitrogens with one attached hydrogen (secondary N) is 2.